The molecule has 0 radical (unpaired) electrons. The van der Waals surface area contributed by atoms with Crippen molar-refractivity contribution in [3.05, 3.63) is 29.8 Å². The van der Waals surface area contributed by atoms with Crippen molar-refractivity contribution in [1.29, 1.82) is 0 Å². The Balaban J connectivity index is 2.33. The maximum Gasteiger partial charge on any atom is 0.229 e. The van der Waals surface area contributed by atoms with Gasteiger partial charge in [-0.2, -0.15) is 0 Å². The first-order chi connectivity index (χ1) is 6.70. The Hall–Kier alpha value is -1.31. The molecule has 1 atom stereocenters. The number of carbonyl (C=O) groups is 1. The lowest BCUT2D eigenvalue weighted by Crippen LogP contribution is -2.26. The first kappa shape index (κ1) is 9.25. The highest BCUT2D eigenvalue weighted by Crippen LogP contribution is 2.27. The van der Waals surface area contributed by atoms with Crippen LogP contribution in [-0.4, -0.2) is 12.5 Å². The van der Waals surface area contributed by atoms with Gasteiger partial charge in [-0.25, -0.2) is 0 Å². The van der Waals surface area contributed by atoms with E-state index in [4.69, 9.17) is 0 Å². The summed E-state index contributed by atoms with van der Waals surface area (Å²) in [6.45, 7) is 4.91. The molecule has 0 N–H and O–H groups in total. The van der Waals surface area contributed by atoms with E-state index in [9.17, 15) is 4.79 Å². The number of para-hydroxylation sites is 1. The van der Waals surface area contributed by atoms with Gasteiger partial charge in [0.15, 0.2) is 0 Å². The topological polar surface area (TPSA) is 20.3 Å². The van der Waals surface area contributed by atoms with Crippen LogP contribution >= 0.6 is 0 Å². The molecular formula is C12H15NO. The number of anilines is 1. The van der Waals surface area contributed by atoms with Crippen LogP contribution in [0.4, 0.5) is 5.69 Å². The maximum atomic E-state index is 11.8. The van der Waals surface area contributed by atoms with Crippen molar-refractivity contribution in [3.63, 3.8) is 0 Å². The van der Waals surface area contributed by atoms with E-state index in [1.165, 1.54) is 5.56 Å². The summed E-state index contributed by atoms with van der Waals surface area (Å²) in [6.07, 6.45) is 0.979. The van der Waals surface area contributed by atoms with Gasteiger partial charge in [0, 0.05) is 18.2 Å². The van der Waals surface area contributed by atoms with Gasteiger partial charge >= 0.3 is 0 Å². The molecule has 1 saturated heterocycles. The molecular weight excluding hydrogens is 174 g/mol. The SMILES string of the molecule is Cc1ccccc1N1CC[C@H](C)C1=O. The molecule has 1 aromatic carbocycles. The molecule has 0 unspecified atom stereocenters. The second kappa shape index (κ2) is 3.45. The highest BCUT2D eigenvalue weighted by atomic mass is 16.2. The van der Waals surface area contributed by atoms with Crippen molar-refractivity contribution in [3.8, 4) is 0 Å². The number of carbonyl (C=O) groups excluding carboxylic acids is 1. The van der Waals surface area contributed by atoms with Crippen LogP contribution in [0.5, 0.6) is 0 Å². The van der Waals surface area contributed by atoms with E-state index in [2.05, 4.69) is 0 Å². The predicted molar refractivity (Wildman–Crippen MR) is 57.3 cm³/mol. The quantitative estimate of drug-likeness (QED) is 0.664. The largest absolute Gasteiger partial charge is 0.312 e. The molecule has 0 saturated carbocycles. The molecule has 0 spiro atoms. The van der Waals surface area contributed by atoms with E-state index in [0.717, 1.165) is 18.7 Å². The summed E-state index contributed by atoms with van der Waals surface area (Å²) in [5.41, 5.74) is 2.25. The molecule has 1 heterocycles. The van der Waals surface area contributed by atoms with Crippen molar-refractivity contribution in [2.24, 2.45) is 5.92 Å². The summed E-state index contributed by atoms with van der Waals surface area (Å²) >= 11 is 0. The standard InChI is InChI=1S/C12H15NO/c1-9-5-3-4-6-11(9)13-8-7-10(2)12(13)14/h3-6,10H,7-8H2,1-2H3/t10-/m0/s1. The summed E-state index contributed by atoms with van der Waals surface area (Å²) in [5.74, 6) is 0.453. The fourth-order valence-electron chi connectivity index (χ4n) is 1.93. The van der Waals surface area contributed by atoms with E-state index in [0.29, 0.717) is 0 Å². The third kappa shape index (κ3) is 1.41. The molecule has 2 nitrogen and oxygen atoms in total. The van der Waals surface area contributed by atoms with E-state index in [1.54, 1.807) is 0 Å². The van der Waals surface area contributed by atoms with E-state index >= 15 is 0 Å². The third-order valence-corrected chi connectivity index (χ3v) is 2.88. The zero-order chi connectivity index (χ0) is 10.1. The lowest BCUT2D eigenvalue weighted by molar-refractivity contribution is -0.119. The van der Waals surface area contributed by atoms with Gasteiger partial charge in [-0.1, -0.05) is 25.1 Å². The Kier molecular flexibility index (Phi) is 2.28. The van der Waals surface area contributed by atoms with E-state index in [-0.39, 0.29) is 11.8 Å². The zero-order valence-electron chi connectivity index (χ0n) is 8.66. The molecule has 2 rings (SSSR count). The Labute approximate surface area is 84.5 Å². The fourth-order valence-corrected chi connectivity index (χ4v) is 1.93. The number of amides is 1. The molecule has 1 aromatic rings. The molecule has 1 fully saturated rings. The molecule has 2 heteroatoms. The minimum atomic E-state index is 0.189. The van der Waals surface area contributed by atoms with Crippen LogP contribution in [0, 0.1) is 12.8 Å². The van der Waals surface area contributed by atoms with Gasteiger partial charge in [-0.05, 0) is 25.0 Å². The average Bonchev–Trinajstić information content (AvgIpc) is 2.49. The molecule has 0 aromatic heterocycles. The van der Waals surface area contributed by atoms with Gasteiger partial charge < -0.3 is 4.90 Å². The molecule has 1 aliphatic rings. The van der Waals surface area contributed by atoms with Crippen LogP contribution in [0.1, 0.15) is 18.9 Å². The molecule has 14 heavy (non-hydrogen) atoms. The van der Waals surface area contributed by atoms with Gasteiger partial charge in [0.2, 0.25) is 5.91 Å². The number of hydrogen-bond acceptors (Lipinski definition) is 1. The van der Waals surface area contributed by atoms with Gasteiger partial charge in [-0.15, -0.1) is 0 Å². The van der Waals surface area contributed by atoms with E-state index < -0.39 is 0 Å². The molecule has 0 aliphatic carbocycles. The summed E-state index contributed by atoms with van der Waals surface area (Å²) in [6, 6.07) is 8.05. The van der Waals surface area contributed by atoms with Crippen molar-refractivity contribution in [1.82, 2.24) is 0 Å². The maximum absolute atomic E-state index is 11.8. The molecule has 1 aliphatic heterocycles. The van der Waals surface area contributed by atoms with Crippen molar-refractivity contribution >= 4 is 11.6 Å². The minimum absolute atomic E-state index is 0.189. The number of nitrogens with zero attached hydrogens (tertiary/aromatic N) is 1. The predicted octanol–water partition coefficient (Wildman–Crippen LogP) is 2.37. The number of aryl methyl sites for hydroxylation is 1. The number of hydrogen-bond donors (Lipinski definition) is 0. The average molecular weight is 189 g/mol. The molecule has 1 amide bonds. The second-order valence-electron chi connectivity index (χ2n) is 3.97. The van der Waals surface area contributed by atoms with E-state index in [1.807, 2.05) is 43.0 Å². The highest BCUT2D eigenvalue weighted by molar-refractivity contribution is 5.97. The lowest BCUT2D eigenvalue weighted by atomic mass is 10.1. The summed E-state index contributed by atoms with van der Waals surface area (Å²) in [7, 11) is 0. The first-order valence-electron chi connectivity index (χ1n) is 5.07. The van der Waals surface area contributed by atoms with Crippen molar-refractivity contribution in [2.75, 3.05) is 11.4 Å². The smallest absolute Gasteiger partial charge is 0.229 e. The van der Waals surface area contributed by atoms with Crippen LogP contribution in [0.2, 0.25) is 0 Å². The van der Waals surface area contributed by atoms with Crippen molar-refractivity contribution in [2.45, 2.75) is 20.3 Å². The molecule has 74 valence electrons. The monoisotopic (exact) mass is 189 g/mol. The minimum Gasteiger partial charge on any atom is -0.312 e. The summed E-state index contributed by atoms with van der Waals surface area (Å²) in [4.78, 5) is 13.7. The van der Waals surface area contributed by atoms with Gasteiger partial charge in [0.1, 0.15) is 0 Å². The Morgan fingerprint density at radius 3 is 2.64 bits per heavy atom. The Bertz CT molecular complexity index is 359. The number of benzene rings is 1. The van der Waals surface area contributed by atoms with Crippen LogP contribution < -0.4 is 4.90 Å². The van der Waals surface area contributed by atoms with Gasteiger partial charge in [-0.3, -0.25) is 4.79 Å². The Morgan fingerprint density at radius 2 is 2.07 bits per heavy atom. The van der Waals surface area contributed by atoms with Gasteiger partial charge in [0.25, 0.3) is 0 Å². The zero-order valence-corrected chi connectivity index (χ0v) is 8.66. The number of rotatable bonds is 1. The first-order valence-corrected chi connectivity index (χ1v) is 5.07. The summed E-state index contributed by atoms with van der Waals surface area (Å²) < 4.78 is 0. The Morgan fingerprint density at radius 1 is 1.36 bits per heavy atom. The summed E-state index contributed by atoms with van der Waals surface area (Å²) in [5, 5.41) is 0. The van der Waals surface area contributed by atoms with Crippen LogP contribution in [-0.2, 0) is 4.79 Å². The second-order valence-corrected chi connectivity index (χ2v) is 3.97. The lowest BCUT2D eigenvalue weighted by Gasteiger charge is -2.18. The third-order valence-electron chi connectivity index (χ3n) is 2.88. The van der Waals surface area contributed by atoms with Crippen LogP contribution in [0.15, 0.2) is 24.3 Å². The van der Waals surface area contributed by atoms with Crippen LogP contribution in [0.3, 0.4) is 0 Å². The molecule has 0 bridgehead atoms. The fraction of sp³-hybridized carbons (Fsp3) is 0.417. The van der Waals surface area contributed by atoms with Crippen molar-refractivity contribution < 1.29 is 4.79 Å². The van der Waals surface area contributed by atoms with Crippen LogP contribution in [0.25, 0.3) is 0 Å². The highest BCUT2D eigenvalue weighted by Gasteiger charge is 2.29. The van der Waals surface area contributed by atoms with Gasteiger partial charge in [0.05, 0.1) is 0 Å². The normalized spacial score (nSPS) is 21.7.